The normalized spacial score (nSPS) is 12.2. The van der Waals surface area contributed by atoms with Crippen molar-refractivity contribution in [2.45, 2.75) is 0 Å². The van der Waals surface area contributed by atoms with Gasteiger partial charge in [-0.05, 0) is 72.8 Å². The maximum absolute atomic E-state index is 4.63. The van der Waals surface area contributed by atoms with E-state index in [4.69, 9.17) is 0 Å². The Morgan fingerprint density at radius 3 is 1.04 bits per heavy atom. The summed E-state index contributed by atoms with van der Waals surface area (Å²) in [5.74, 6) is 0. The topological polar surface area (TPSA) is 57.4 Å². The van der Waals surface area contributed by atoms with E-state index in [1.54, 1.807) is 0 Å². The third-order valence-electron chi connectivity index (χ3n) is 4.04. The monoisotopic (exact) mass is 392 g/mol. The van der Waals surface area contributed by atoms with Crippen LogP contribution in [0, 0.1) is 0 Å². The van der Waals surface area contributed by atoms with Crippen molar-refractivity contribution in [3.05, 3.63) is 71.3 Å². The van der Waals surface area contributed by atoms with Gasteiger partial charge in [-0.3, -0.25) is 0 Å². The molecule has 5 rings (SSSR count). The Hall–Kier alpha value is -2.88. The molecule has 8 bridgehead atoms. The predicted octanol–water partition coefficient (Wildman–Crippen LogP) is 3.74. The second kappa shape index (κ2) is 6.20. The van der Waals surface area contributed by atoms with Crippen LogP contribution in [-0.4, -0.2) is 37.0 Å². The Morgan fingerprint density at radius 1 is 0.480 bits per heavy atom. The van der Waals surface area contributed by atoms with Crippen LogP contribution < -0.4 is 0 Å². The van der Waals surface area contributed by atoms with Gasteiger partial charge in [-0.25, -0.2) is 9.97 Å². The first-order valence-electron chi connectivity index (χ1n) is 7.85. The van der Waals surface area contributed by atoms with Gasteiger partial charge in [-0.2, -0.15) is 0 Å². The number of nitrogens with zero attached hydrogens (tertiary/aromatic N) is 2. The van der Waals surface area contributed by atoms with Crippen LogP contribution in [0.15, 0.2) is 48.5 Å². The molecule has 0 radical (unpaired) electrons. The van der Waals surface area contributed by atoms with E-state index in [2.05, 4.69) is 44.2 Å². The van der Waals surface area contributed by atoms with Gasteiger partial charge in [0.15, 0.2) is 0 Å². The number of aromatic nitrogens is 4. The van der Waals surface area contributed by atoms with Crippen molar-refractivity contribution in [2.75, 3.05) is 0 Å². The first-order chi connectivity index (χ1) is 11.8. The van der Waals surface area contributed by atoms with Crippen LogP contribution in [0.1, 0.15) is 22.8 Å². The first kappa shape index (κ1) is 15.6. The fourth-order valence-electron chi connectivity index (χ4n) is 2.94. The molecule has 0 spiro atoms. The molecule has 2 aliphatic rings. The Bertz CT molecular complexity index is 990. The summed E-state index contributed by atoms with van der Waals surface area (Å²) >= 11 is 0. The summed E-state index contributed by atoms with van der Waals surface area (Å²) < 4.78 is 0. The van der Waals surface area contributed by atoms with Crippen molar-refractivity contribution >= 4 is 63.4 Å². The van der Waals surface area contributed by atoms with Crippen LogP contribution in [0.2, 0.25) is 0 Å². The molecule has 0 saturated carbocycles. The zero-order valence-corrected chi connectivity index (χ0v) is 15.4. The number of hydrogen-bond donors (Lipinski definition) is 2. The number of aromatic amines is 2. The van der Waals surface area contributed by atoms with Crippen molar-refractivity contribution in [1.29, 1.82) is 0 Å². The fraction of sp³-hybridized carbons (Fsp3) is 0. The van der Waals surface area contributed by atoms with E-state index in [1.807, 2.05) is 48.6 Å². The van der Waals surface area contributed by atoms with Gasteiger partial charge in [-0.1, -0.05) is 0 Å². The summed E-state index contributed by atoms with van der Waals surface area (Å²) in [5.41, 5.74) is 7.86. The minimum atomic E-state index is 0. The molecule has 5 heteroatoms. The van der Waals surface area contributed by atoms with Crippen molar-refractivity contribution in [3.8, 4) is 0 Å². The van der Waals surface area contributed by atoms with Crippen molar-refractivity contribution < 1.29 is 0 Å². The van der Waals surface area contributed by atoms with E-state index < -0.39 is 0 Å². The van der Waals surface area contributed by atoms with Gasteiger partial charge >= 0.3 is 17.1 Å². The fourth-order valence-corrected chi connectivity index (χ4v) is 2.94. The molecule has 0 aliphatic carbocycles. The zero-order chi connectivity index (χ0) is 15.9. The molecular formula is C20H16N4Se. The second-order valence-corrected chi connectivity index (χ2v) is 5.91. The Kier molecular flexibility index (Phi) is 3.88. The average Bonchev–Trinajstić information content (AvgIpc) is 3.32. The molecule has 0 saturated heterocycles. The molecule has 0 aromatic carbocycles. The Balaban J connectivity index is 0.00000157. The molecule has 3 aromatic rings. The number of hydrogen-bond acceptors (Lipinski definition) is 2. The van der Waals surface area contributed by atoms with E-state index in [0.717, 1.165) is 44.8 Å². The molecule has 3 aromatic heterocycles. The molecule has 0 unspecified atom stereocenters. The second-order valence-electron chi connectivity index (χ2n) is 5.91. The molecule has 0 amide bonds. The molecule has 0 atom stereocenters. The molecule has 122 valence electrons. The molecule has 4 nitrogen and oxygen atoms in total. The third kappa shape index (κ3) is 3.20. The van der Waals surface area contributed by atoms with Gasteiger partial charge in [0.25, 0.3) is 0 Å². The number of nitrogens with one attached hydrogen (secondary N) is 2. The summed E-state index contributed by atoms with van der Waals surface area (Å²) in [7, 11) is 0. The van der Waals surface area contributed by atoms with Crippen LogP contribution in [0.4, 0.5) is 0 Å². The van der Waals surface area contributed by atoms with Crippen LogP contribution in [-0.2, 0) is 0 Å². The molecule has 2 aliphatic heterocycles. The van der Waals surface area contributed by atoms with Gasteiger partial charge in [0.05, 0.1) is 22.8 Å². The van der Waals surface area contributed by atoms with Gasteiger partial charge in [0.2, 0.25) is 0 Å². The first-order valence-corrected chi connectivity index (χ1v) is 7.85. The van der Waals surface area contributed by atoms with Crippen LogP contribution >= 0.6 is 0 Å². The van der Waals surface area contributed by atoms with Gasteiger partial charge in [0.1, 0.15) is 0 Å². The van der Waals surface area contributed by atoms with Gasteiger partial charge in [0, 0.05) is 22.1 Å². The molecule has 5 heterocycles. The molecule has 25 heavy (non-hydrogen) atoms. The van der Waals surface area contributed by atoms with Crippen molar-refractivity contribution in [3.63, 3.8) is 0 Å². The summed E-state index contributed by atoms with van der Waals surface area (Å²) in [5, 5.41) is 0. The minimum absolute atomic E-state index is 0. The summed E-state index contributed by atoms with van der Waals surface area (Å²) in [6, 6.07) is 16.4. The summed E-state index contributed by atoms with van der Waals surface area (Å²) in [4.78, 5) is 16.0. The molecule has 0 fully saturated rings. The van der Waals surface area contributed by atoms with E-state index in [0.29, 0.717) is 0 Å². The zero-order valence-electron chi connectivity index (χ0n) is 13.3. The van der Waals surface area contributed by atoms with Gasteiger partial charge < -0.3 is 9.97 Å². The van der Waals surface area contributed by atoms with E-state index in [1.165, 1.54) is 0 Å². The summed E-state index contributed by atoms with van der Waals surface area (Å²) in [6.07, 6.45) is 8.09. The van der Waals surface area contributed by atoms with E-state index in [9.17, 15) is 0 Å². The predicted molar refractivity (Wildman–Crippen MR) is 107 cm³/mol. The SMILES string of the molecule is C1=Cc2cc3ccc(cc4nc(cc5ccc(cc1n2)[nH]5)C=C4)[nH]3.[SeH2]. The van der Waals surface area contributed by atoms with Crippen LogP contribution in [0.5, 0.6) is 0 Å². The average molecular weight is 391 g/mol. The number of H-pyrrole nitrogens is 2. The number of rotatable bonds is 0. The Labute approximate surface area is 154 Å². The Morgan fingerprint density at radius 2 is 0.760 bits per heavy atom. The summed E-state index contributed by atoms with van der Waals surface area (Å²) in [6.45, 7) is 0. The van der Waals surface area contributed by atoms with Crippen molar-refractivity contribution in [1.82, 2.24) is 19.9 Å². The molecule has 2 N–H and O–H groups in total. The van der Waals surface area contributed by atoms with Crippen LogP contribution in [0.3, 0.4) is 0 Å². The maximum atomic E-state index is 4.63. The van der Waals surface area contributed by atoms with Crippen LogP contribution in [0.25, 0.3) is 46.4 Å². The number of fused-ring (bicyclic) bond motifs is 8. The van der Waals surface area contributed by atoms with Gasteiger partial charge in [-0.15, -0.1) is 0 Å². The third-order valence-corrected chi connectivity index (χ3v) is 4.04. The van der Waals surface area contributed by atoms with E-state index in [-0.39, 0.29) is 17.1 Å². The van der Waals surface area contributed by atoms with Crippen molar-refractivity contribution in [2.24, 2.45) is 0 Å². The standard InChI is InChI=1S/C20H14N4.H2Se/c1-2-14-10-16-5-6-18(23-16)12-20-8-7-19(24-20)11-17-4-3-15(22-17)9-13(1)21-14;/h1-12,21,24H;1H2. The van der Waals surface area contributed by atoms with E-state index >= 15 is 0 Å². The molecular weight excluding hydrogens is 375 g/mol. The quantitative estimate of drug-likeness (QED) is 0.395.